The van der Waals surface area contributed by atoms with Gasteiger partial charge in [-0.15, -0.1) is 0 Å². The number of rotatable bonds is 2. The average molecular weight is 349 g/mol. The van der Waals surface area contributed by atoms with Crippen LogP contribution in [0.25, 0.3) is 0 Å². The molecule has 3 atom stereocenters. The summed E-state index contributed by atoms with van der Waals surface area (Å²) in [5.41, 5.74) is -0.566. The van der Waals surface area contributed by atoms with Gasteiger partial charge in [0.2, 0.25) is 5.91 Å². The van der Waals surface area contributed by atoms with Crippen molar-refractivity contribution in [2.75, 3.05) is 19.6 Å². The highest BCUT2D eigenvalue weighted by molar-refractivity contribution is 5.78. The van der Waals surface area contributed by atoms with E-state index in [-0.39, 0.29) is 12.5 Å². The first kappa shape index (κ1) is 19.6. The Labute approximate surface area is 151 Å². The van der Waals surface area contributed by atoms with E-state index in [1.807, 2.05) is 20.8 Å². The largest absolute Gasteiger partial charge is 0.444 e. The highest BCUT2D eigenvalue weighted by Gasteiger charge is 2.35. The van der Waals surface area contributed by atoms with Crippen LogP contribution in [0.15, 0.2) is 0 Å². The summed E-state index contributed by atoms with van der Waals surface area (Å²) >= 11 is 0. The zero-order valence-electron chi connectivity index (χ0n) is 16.0. The number of nitrogens with zero attached hydrogens (tertiary/aromatic N) is 3. The Morgan fingerprint density at radius 1 is 1.24 bits per heavy atom. The molecule has 6 nitrogen and oxygen atoms in total. The highest BCUT2D eigenvalue weighted by atomic mass is 16.6. The van der Waals surface area contributed by atoms with Gasteiger partial charge in [-0.1, -0.05) is 19.8 Å². The molecule has 0 radical (unpaired) electrons. The maximum Gasteiger partial charge on any atom is 0.410 e. The molecule has 6 heteroatoms. The second kappa shape index (κ2) is 8.07. The fraction of sp³-hybridized carbons (Fsp3) is 0.842. The second-order valence-electron chi connectivity index (χ2n) is 8.50. The van der Waals surface area contributed by atoms with Crippen molar-refractivity contribution in [1.82, 2.24) is 9.80 Å². The first-order chi connectivity index (χ1) is 11.7. The van der Waals surface area contributed by atoms with Crippen LogP contribution in [0.1, 0.15) is 59.8 Å². The van der Waals surface area contributed by atoms with Gasteiger partial charge < -0.3 is 14.5 Å². The number of hydrogen-bond donors (Lipinski definition) is 0. The molecule has 0 bridgehead atoms. The minimum atomic E-state index is -0.588. The molecule has 0 aromatic rings. The van der Waals surface area contributed by atoms with E-state index in [4.69, 9.17) is 4.74 Å². The molecule has 0 aromatic heterocycles. The molecule has 140 valence electrons. The van der Waals surface area contributed by atoms with E-state index >= 15 is 0 Å². The van der Waals surface area contributed by atoms with E-state index in [0.29, 0.717) is 31.3 Å². The van der Waals surface area contributed by atoms with Crippen LogP contribution >= 0.6 is 0 Å². The molecule has 1 aliphatic heterocycles. The van der Waals surface area contributed by atoms with E-state index in [0.717, 1.165) is 12.8 Å². The van der Waals surface area contributed by atoms with Gasteiger partial charge in [0.25, 0.3) is 0 Å². The van der Waals surface area contributed by atoms with Crippen LogP contribution in [0.3, 0.4) is 0 Å². The van der Waals surface area contributed by atoms with Crippen LogP contribution in [-0.4, -0.2) is 53.1 Å². The maximum absolute atomic E-state index is 12.7. The zero-order valence-corrected chi connectivity index (χ0v) is 16.0. The van der Waals surface area contributed by atoms with Crippen LogP contribution < -0.4 is 0 Å². The van der Waals surface area contributed by atoms with Crippen LogP contribution in [-0.2, 0) is 9.53 Å². The lowest BCUT2D eigenvalue weighted by Gasteiger charge is -2.39. The lowest BCUT2D eigenvalue weighted by atomic mass is 9.80. The Bertz CT molecular complexity index is 535. The minimum Gasteiger partial charge on any atom is -0.444 e. The topological polar surface area (TPSA) is 73.6 Å². The average Bonchev–Trinajstić information content (AvgIpc) is 2.52. The summed E-state index contributed by atoms with van der Waals surface area (Å²) < 4.78 is 5.37. The van der Waals surface area contributed by atoms with Crippen LogP contribution in [0.2, 0.25) is 0 Å². The Morgan fingerprint density at radius 3 is 2.56 bits per heavy atom. The number of carbonyl (C=O) groups is 2. The Hall–Kier alpha value is -1.77. The maximum atomic E-state index is 12.7. The molecule has 0 unspecified atom stereocenters. The smallest absolute Gasteiger partial charge is 0.410 e. The summed E-state index contributed by atoms with van der Waals surface area (Å²) in [6, 6.07) is 1.60. The molecular formula is C19H31N3O3. The molecule has 2 rings (SSSR count). The van der Waals surface area contributed by atoms with Crippen LogP contribution in [0.4, 0.5) is 4.79 Å². The SMILES string of the molecule is C[C@@H]1CCC[C@@H](CC(=O)N2CCN(C(=O)OC(C)(C)C)C[C@@H]2C#N)C1. The Balaban J connectivity index is 1.92. The zero-order chi connectivity index (χ0) is 18.6. The predicted molar refractivity (Wildman–Crippen MR) is 94.7 cm³/mol. The van der Waals surface area contributed by atoms with Crippen LogP contribution in [0, 0.1) is 23.2 Å². The van der Waals surface area contributed by atoms with Crippen molar-refractivity contribution < 1.29 is 14.3 Å². The van der Waals surface area contributed by atoms with E-state index in [1.54, 1.807) is 4.90 Å². The molecule has 2 fully saturated rings. The van der Waals surface area contributed by atoms with Crippen molar-refractivity contribution in [3.05, 3.63) is 0 Å². The lowest BCUT2D eigenvalue weighted by molar-refractivity contribution is -0.136. The molecule has 2 aliphatic rings. The van der Waals surface area contributed by atoms with Crippen LogP contribution in [0.5, 0.6) is 0 Å². The van der Waals surface area contributed by atoms with Crippen molar-refractivity contribution in [3.8, 4) is 6.07 Å². The number of piperazine rings is 1. The molecule has 1 saturated carbocycles. The second-order valence-corrected chi connectivity index (χ2v) is 8.50. The molecular weight excluding hydrogens is 318 g/mol. The summed E-state index contributed by atoms with van der Waals surface area (Å²) in [6.45, 7) is 8.73. The summed E-state index contributed by atoms with van der Waals surface area (Å²) in [4.78, 5) is 28.1. The first-order valence-electron chi connectivity index (χ1n) is 9.36. The quantitative estimate of drug-likeness (QED) is 0.767. The predicted octanol–water partition coefficient (Wildman–Crippen LogP) is 3.17. The van der Waals surface area contributed by atoms with E-state index in [2.05, 4.69) is 13.0 Å². The highest BCUT2D eigenvalue weighted by Crippen LogP contribution is 2.31. The number of nitriles is 1. The molecule has 1 saturated heterocycles. The van der Waals surface area contributed by atoms with Gasteiger partial charge in [-0.3, -0.25) is 4.79 Å². The summed E-state index contributed by atoms with van der Waals surface area (Å²) in [5.74, 6) is 1.16. The normalized spacial score (nSPS) is 27.6. The van der Waals surface area contributed by atoms with Crippen molar-refractivity contribution in [3.63, 3.8) is 0 Å². The lowest BCUT2D eigenvalue weighted by Crippen LogP contribution is -2.56. The van der Waals surface area contributed by atoms with Gasteiger partial charge in [0.15, 0.2) is 0 Å². The molecule has 0 spiro atoms. The van der Waals surface area contributed by atoms with E-state index in [9.17, 15) is 14.9 Å². The van der Waals surface area contributed by atoms with Gasteiger partial charge in [0.1, 0.15) is 11.6 Å². The third-order valence-electron chi connectivity index (χ3n) is 5.01. The van der Waals surface area contributed by atoms with E-state index in [1.165, 1.54) is 17.7 Å². The number of amides is 2. The molecule has 1 aliphatic carbocycles. The van der Waals surface area contributed by atoms with Gasteiger partial charge in [-0.05, 0) is 45.4 Å². The molecule has 1 heterocycles. The monoisotopic (exact) mass is 349 g/mol. The van der Waals surface area contributed by atoms with Gasteiger partial charge in [0.05, 0.1) is 12.6 Å². The number of ether oxygens (including phenoxy) is 1. The number of hydrogen-bond acceptors (Lipinski definition) is 4. The fourth-order valence-electron chi connectivity index (χ4n) is 3.79. The summed E-state index contributed by atoms with van der Waals surface area (Å²) in [7, 11) is 0. The van der Waals surface area contributed by atoms with Gasteiger partial charge in [-0.2, -0.15) is 5.26 Å². The van der Waals surface area contributed by atoms with Crippen molar-refractivity contribution in [2.45, 2.75) is 71.4 Å². The molecule has 0 N–H and O–H groups in total. The Morgan fingerprint density at radius 2 is 1.96 bits per heavy atom. The standard InChI is InChI=1S/C19H31N3O3/c1-14-6-5-7-15(10-14)11-17(23)22-9-8-21(13-16(22)12-20)18(24)25-19(2,3)4/h14-16H,5-11,13H2,1-4H3/t14-,15-,16+/m1/s1. The van der Waals surface area contributed by atoms with Gasteiger partial charge in [-0.25, -0.2) is 4.79 Å². The first-order valence-corrected chi connectivity index (χ1v) is 9.36. The van der Waals surface area contributed by atoms with E-state index < -0.39 is 17.7 Å². The fourth-order valence-corrected chi connectivity index (χ4v) is 3.79. The number of carbonyl (C=O) groups excluding carboxylic acids is 2. The Kier molecular flexibility index (Phi) is 6.31. The summed E-state index contributed by atoms with van der Waals surface area (Å²) in [6.07, 6.45) is 4.75. The molecule has 0 aromatic carbocycles. The third kappa shape index (κ3) is 5.62. The third-order valence-corrected chi connectivity index (χ3v) is 5.01. The molecule has 2 amide bonds. The van der Waals surface area contributed by atoms with Crippen molar-refractivity contribution in [2.24, 2.45) is 11.8 Å². The van der Waals surface area contributed by atoms with Gasteiger partial charge >= 0.3 is 6.09 Å². The van der Waals surface area contributed by atoms with Gasteiger partial charge in [0, 0.05) is 19.5 Å². The molecule has 25 heavy (non-hydrogen) atoms. The van der Waals surface area contributed by atoms with Crippen molar-refractivity contribution >= 4 is 12.0 Å². The summed E-state index contributed by atoms with van der Waals surface area (Å²) in [5, 5.41) is 9.47. The van der Waals surface area contributed by atoms with Crippen molar-refractivity contribution in [1.29, 1.82) is 5.26 Å². The minimum absolute atomic E-state index is 0.0505.